The Morgan fingerprint density at radius 2 is 1.40 bits per heavy atom. The number of fused-ring (bicyclic) bond motifs is 5. The number of halogens is 1. The van der Waals surface area contributed by atoms with E-state index in [9.17, 15) is 43.8 Å². The Hall–Kier alpha value is -6.38. The van der Waals surface area contributed by atoms with Gasteiger partial charge in [0.2, 0.25) is 23.6 Å². The number of phenolic OH excluding ortho intramolecular Hbond substituents is 2. The Balaban J connectivity index is 1.48. The van der Waals surface area contributed by atoms with Gasteiger partial charge in [-0.1, -0.05) is 80.4 Å². The van der Waals surface area contributed by atoms with Crippen molar-refractivity contribution >= 4 is 52.6 Å². The summed E-state index contributed by atoms with van der Waals surface area (Å²) in [6.07, 6.45) is 0.535. The summed E-state index contributed by atoms with van der Waals surface area (Å²) in [5.74, 6) is -6.86. The molecule has 14 nitrogen and oxygen atoms in total. The molecule has 65 heavy (non-hydrogen) atoms. The van der Waals surface area contributed by atoms with Gasteiger partial charge in [-0.3, -0.25) is 33.6 Å². The first-order valence-corrected chi connectivity index (χ1v) is 22.1. The molecule has 4 bridgehead atoms. The molecule has 4 aromatic carbocycles. The molecular weight excluding hydrogens is 850 g/mol. The third kappa shape index (κ3) is 12.3. The van der Waals surface area contributed by atoms with Crippen molar-refractivity contribution in [3.63, 3.8) is 0 Å². The zero-order valence-electron chi connectivity index (χ0n) is 37.4. The summed E-state index contributed by atoms with van der Waals surface area (Å²) >= 11 is 6.06. The topological polar surface area (TPSA) is 230 Å². The fourth-order valence-electron chi connectivity index (χ4n) is 8.15. The molecule has 0 aliphatic carbocycles. The highest BCUT2D eigenvalue weighted by Crippen LogP contribution is 2.40. The standard InChI is InChI=1S/C50H58ClN5O9/c1-28-22-45(61)46(56(5)50(65)36(8-6-7-21-52)27-43(59)34-12-10-32(11-13-34)33-14-17-37(51)18-15-33)35-16-20-42(58)39(26-35)38-24-31(9-19-41(38)57)25-40(54-48(28)63)44(60)23-29(2)49(64)55(4)30(3)47(53)62/h9-20,24,26,28-30,36,40,46,57-58H,6-8,21-23,25,27,52H2,1-5H3,(H2,53,62)(H,54,63)/t28-,29-,30+,36-,40+,46+/m1/s1. The van der Waals surface area contributed by atoms with E-state index in [1.54, 1.807) is 36.4 Å². The Kier molecular flexibility index (Phi) is 16.8. The number of amides is 4. The van der Waals surface area contributed by atoms with E-state index in [0.29, 0.717) is 47.5 Å². The lowest BCUT2D eigenvalue weighted by Gasteiger charge is -2.32. The number of rotatable bonds is 16. The number of benzene rings is 4. The molecule has 0 radical (unpaired) electrons. The lowest BCUT2D eigenvalue weighted by Crippen LogP contribution is -2.48. The van der Waals surface area contributed by atoms with Crippen molar-refractivity contribution < 1.29 is 43.8 Å². The molecule has 0 saturated heterocycles. The van der Waals surface area contributed by atoms with Crippen LogP contribution in [0.25, 0.3) is 22.3 Å². The number of nitrogens with two attached hydrogens (primary N) is 2. The van der Waals surface area contributed by atoms with Crippen molar-refractivity contribution in [3.8, 4) is 33.8 Å². The van der Waals surface area contributed by atoms with E-state index >= 15 is 0 Å². The number of phenols is 2. The highest BCUT2D eigenvalue weighted by molar-refractivity contribution is 6.30. The summed E-state index contributed by atoms with van der Waals surface area (Å²) < 4.78 is 0. The van der Waals surface area contributed by atoms with E-state index in [1.165, 1.54) is 64.0 Å². The van der Waals surface area contributed by atoms with Crippen LogP contribution in [0.15, 0.2) is 84.9 Å². The number of aromatic hydroxyl groups is 2. The maximum absolute atomic E-state index is 14.7. The molecule has 1 aliphatic heterocycles. The van der Waals surface area contributed by atoms with Crippen LogP contribution < -0.4 is 16.8 Å². The summed E-state index contributed by atoms with van der Waals surface area (Å²) in [6.45, 7) is 4.90. The van der Waals surface area contributed by atoms with Crippen LogP contribution >= 0.6 is 11.6 Å². The largest absolute Gasteiger partial charge is 0.507 e. The van der Waals surface area contributed by atoms with E-state index in [2.05, 4.69) is 5.32 Å². The van der Waals surface area contributed by atoms with Crippen LogP contribution in [-0.2, 0) is 35.2 Å². The van der Waals surface area contributed by atoms with Gasteiger partial charge in [-0.2, -0.15) is 0 Å². The van der Waals surface area contributed by atoms with E-state index in [4.69, 9.17) is 23.1 Å². The SMILES string of the molecule is C[C@@H]1CC(=O)[C@@H](N(C)C(=O)[C@H](CCCCN)CC(=O)c2ccc(-c3ccc(Cl)cc3)cc2)c2ccc(O)c(c2)-c2cc(ccc2O)C[C@@H](C(=O)C[C@@H](C)C(=O)N(C)[C@@H](C)C(N)=O)NC1=O. The van der Waals surface area contributed by atoms with E-state index in [0.717, 1.165) is 16.0 Å². The van der Waals surface area contributed by atoms with Crippen molar-refractivity contribution in [2.24, 2.45) is 29.2 Å². The van der Waals surface area contributed by atoms with Crippen molar-refractivity contribution in [1.82, 2.24) is 15.1 Å². The molecule has 0 spiro atoms. The van der Waals surface area contributed by atoms with Gasteiger partial charge >= 0.3 is 0 Å². The van der Waals surface area contributed by atoms with Gasteiger partial charge in [0.05, 0.1) is 6.04 Å². The highest BCUT2D eigenvalue weighted by atomic mass is 35.5. The van der Waals surface area contributed by atoms with Crippen LogP contribution in [0.4, 0.5) is 0 Å². The number of likely N-dealkylation sites (N-methyl/N-ethyl adjacent to an activating group) is 2. The molecule has 344 valence electrons. The molecule has 4 aromatic rings. The molecule has 0 saturated carbocycles. The Morgan fingerprint density at radius 1 is 0.800 bits per heavy atom. The number of carbonyl (C=O) groups excluding carboxylic acids is 7. The first-order chi connectivity index (χ1) is 30.8. The number of carbonyl (C=O) groups is 7. The second-order valence-electron chi connectivity index (χ2n) is 17.1. The minimum Gasteiger partial charge on any atom is -0.507 e. The van der Waals surface area contributed by atoms with Crippen LogP contribution in [0.3, 0.4) is 0 Å². The van der Waals surface area contributed by atoms with Gasteiger partial charge in [0, 0.05) is 72.8 Å². The van der Waals surface area contributed by atoms with E-state index in [1.807, 2.05) is 24.3 Å². The summed E-state index contributed by atoms with van der Waals surface area (Å²) in [4.78, 5) is 98.4. The van der Waals surface area contributed by atoms with Crippen LogP contribution in [0.5, 0.6) is 11.5 Å². The van der Waals surface area contributed by atoms with Crippen molar-refractivity contribution in [1.29, 1.82) is 0 Å². The smallest absolute Gasteiger partial charge is 0.239 e. The number of unbranched alkanes of at least 4 members (excludes halogenated alkanes) is 1. The number of ketones is 3. The first kappa shape index (κ1) is 49.6. The molecule has 15 heteroatoms. The number of primary amides is 1. The first-order valence-electron chi connectivity index (χ1n) is 21.7. The Labute approximate surface area is 384 Å². The van der Waals surface area contributed by atoms with Gasteiger partial charge in [0.15, 0.2) is 17.3 Å². The fourth-order valence-corrected chi connectivity index (χ4v) is 8.27. The third-order valence-corrected chi connectivity index (χ3v) is 12.5. The Bertz CT molecular complexity index is 2420. The monoisotopic (exact) mass is 907 g/mol. The maximum Gasteiger partial charge on any atom is 0.239 e. The quantitative estimate of drug-likeness (QED) is 0.0635. The molecule has 7 N–H and O–H groups in total. The van der Waals surface area contributed by atoms with Gasteiger partial charge in [-0.25, -0.2) is 0 Å². The van der Waals surface area contributed by atoms with Crippen molar-refractivity contribution in [3.05, 3.63) is 107 Å². The predicted octanol–water partition coefficient (Wildman–Crippen LogP) is 6.17. The average Bonchev–Trinajstić information content (AvgIpc) is 3.28. The number of nitrogens with one attached hydrogen (secondary N) is 1. The number of nitrogens with zero attached hydrogens (tertiary/aromatic N) is 2. The average molecular weight is 908 g/mol. The zero-order valence-corrected chi connectivity index (χ0v) is 38.1. The number of Topliss-reactive ketones (excluding diaryl/α,β-unsaturated/α-hetero) is 3. The summed E-state index contributed by atoms with van der Waals surface area (Å²) in [7, 11) is 2.87. The molecule has 5 rings (SSSR count). The lowest BCUT2D eigenvalue weighted by atomic mass is 9.87. The molecule has 0 fully saturated rings. The van der Waals surface area contributed by atoms with Crippen molar-refractivity contribution in [2.45, 2.75) is 83.8 Å². The summed E-state index contributed by atoms with van der Waals surface area (Å²) in [6, 6.07) is 19.8. The predicted molar refractivity (Wildman–Crippen MR) is 248 cm³/mol. The van der Waals surface area contributed by atoms with Gasteiger partial charge in [-0.05, 0) is 91.4 Å². The van der Waals surface area contributed by atoms with E-state index in [-0.39, 0.29) is 54.1 Å². The van der Waals surface area contributed by atoms with Crippen LogP contribution in [0.2, 0.25) is 5.02 Å². The summed E-state index contributed by atoms with van der Waals surface area (Å²) in [5, 5.41) is 25.7. The van der Waals surface area contributed by atoms with Crippen LogP contribution in [0, 0.1) is 17.8 Å². The van der Waals surface area contributed by atoms with Crippen LogP contribution in [0.1, 0.15) is 86.8 Å². The molecule has 1 heterocycles. The van der Waals surface area contributed by atoms with Gasteiger partial charge in [0.1, 0.15) is 23.6 Å². The molecule has 4 amide bonds. The molecular formula is C50H58ClN5O9. The minimum atomic E-state index is -1.31. The summed E-state index contributed by atoms with van der Waals surface area (Å²) in [5.41, 5.74) is 14.5. The zero-order chi connectivity index (χ0) is 47.7. The molecule has 6 atom stereocenters. The van der Waals surface area contributed by atoms with Crippen molar-refractivity contribution in [2.75, 3.05) is 20.6 Å². The van der Waals surface area contributed by atoms with E-state index < -0.39 is 71.1 Å². The second kappa shape index (κ2) is 22.0. The van der Waals surface area contributed by atoms with Gasteiger partial charge in [0.25, 0.3) is 0 Å². The van der Waals surface area contributed by atoms with Gasteiger partial charge in [-0.15, -0.1) is 0 Å². The normalized spacial score (nSPS) is 17.7. The third-order valence-electron chi connectivity index (χ3n) is 12.3. The Morgan fingerprint density at radius 3 is 2.02 bits per heavy atom. The number of hydrogen-bond donors (Lipinski definition) is 5. The molecule has 0 aromatic heterocycles. The fraction of sp³-hybridized carbons (Fsp3) is 0.380. The maximum atomic E-state index is 14.7. The molecule has 1 aliphatic rings. The van der Waals surface area contributed by atoms with Gasteiger partial charge < -0.3 is 36.8 Å². The lowest BCUT2D eigenvalue weighted by molar-refractivity contribution is -0.142. The minimum absolute atomic E-state index is 0.0654. The van der Waals surface area contributed by atoms with Crippen LogP contribution in [-0.4, -0.2) is 93.7 Å². The second-order valence-corrected chi connectivity index (χ2v) is 17.5. The number of hydrogen-bond acceptors (Lipinski definition) is 10. The molecule has 0 unspecified atom stereocenters. The highest BCUT2D eigenvalue weighted by Gasteiger charge is 2.37.